The van der Waals surface area contributed by atoms with Crippen molar-refractivity contribution >= 4 is 10.0 Å². The Hall–Kier alpha value is -0.960. The molecule has 2 N–H and O–H groups in total. The number of aryl methyl sites for hydroxylation is 1. The molecule has 0 aliphatic rings. The molecule has 1 rings (SSSR count). The first-order chi connectivity index (χ1) is 8.86. The van der Waals surface area contributed by atoms with Gasteiger partial charge in [0.2, 0.25) is 10.0 Å². The number of nitrogens with one attached hydrogen (secondary N) is 1. The van der Waals surface area contributed by atoms with Crippen LogP contribution in [0.15, 0.2) is 4.90 Å². The van der Waals surface area contributed by atoms with Crippen LogP contribution in [-0.2, 0) is 21.4 Å². The molecule has 19 heavy (non-hydrogen) atoms. The number of hydrogen-bond acceptors (Lipinski definition) is 5. The van der Waals surface area contributed by atoms with Gasteiger partial charge < -0.3 is 9.84 Å². The number of aromatic amines is 1. The molecule has 1 aromatic heterocycles. The number of hydrogen-bond donors (Lipinski definition) is 2. The summed E-state index contributed by atoms with van der Waals surface area (Å²) in [5.74, 6) is 0. The van der Waals surface area contributed by atoms with E-state index in [1.54, 1.807) is 20.8 Å². The Kier molecular flexibility index (Phi) is 5.48. The third-order valence-corrected chi connectivity index (χ3v) is 5.05. The second-order valence-corrected chi connectivity index (χ2v) is 6.31. The van der Waals surface area contributed by atoms with Gasteiger partial charge in [-0.1, -0.05) is 0 Å². The minimum absolute atomic E-state index is 0.0554. The predicted octanol–water partition coefficient (Wildman–Crippen LogP) is 0.256. The van der Waals surface area contributed by atoms with Crippen LogP contribution in [0.4, 0.5) is 0 Å². The number of sulfonamides is 1. The molecule has 0 aromatic carbocycles. The Bertz CT molecular complexity index is 510. The molecule has 1 heterocycles. The lowest BCUT2D eigenvalue weighted by atomic mass is 10.4. The maximum absolute atomic E-state index is 12.6. The summed E-state index contributed by atoms with van der Waals surface area (Å²) < 4.78 is 31.6. The lowest BCUT2D eigenvalue weighted by molar-refractivity contribution is 0.170. The number of ether oxygens (including phenoxy) is 1. The van der Waals surface area contributed by atoms with Gasteiger partial charge in [0.05, 0.1) is 18.9 Å². The molecule has 0 aliphatic carbocycles. The second-order valence-electron chi connectivity index (χ2n) is 4.48. The van der Waals surface area contributed by atoms with Crippen LogP contribution in [0.5, 0.6) is 0 Å². The molecule has 0 amide bonds. The highest BCUT2D eigenvalue weighted by molar-refractivity contribution is 7.89. The first kappa shape index (κ1) is 16.1. The summed E-state index contributed by atoms with van der Waals surface area (Å²) >= 11 is 0. The third-order valence-electron chi connectivity index (χ3n) is 2.77. The monoisotopic (exact) mass is 291 g/mol. The summed E-state index contributed by atoms with van der Waals surface area (Å²) in [6.07, 6.45) is 0. The molecule has 0 fully saturated rings. The van der Waals surface area contributed by atoms with Gasteiger partial charge in [0.25, 0.3) is 0 Å². The van der Waals surface area contributed by atoms with Crippen LogP contribution in [0.25, 0.3) is 0 Å². The van der Waals surface area contributed by atoms with Crippen LogP contribution >= 0.6 is 0 Å². The number of rotatable bonds is 7. The van der Waals surface area contributed by atoms with Gasteiger partial charge in [0.15, 0.2) is 0 Å². The van der Waals surface area contributed by atoms with E-state index in [9.17, 15) is 13.5 Å². The van der Waals surface area contributed by atoms with Crippen LogP contribution in [0.1, 0.15) is 25.2 Å². The van der Waals surface area contributed by atoms with Crippen molar-refractivity contribution in [3.05, 3.63) is 11.4 Å². The van der Waals surface area contributed by atoms with E-state index in [0.717, 1.165) is 0 Å². The van der Waals surface area contributed by atoms with Crippen molar-refractivity contribution in [1.29, 1.82) is 0 Å². The van der Waals surface area contributed by atoms with E-state index >= 15 is 0 Å². The average Bonchev–Trinajstić information content (AvgIpc) is 2.70. The fourth-order valence-corrected chi connectivity index (χ4v) is 3.82. The van der Waals surface area contributed by atoms with Gasteiger partial charge in [-0.25, -0.2) is 8.42 Å². The zero-order valence-electron chi connectivity index (χ0n) is 11.7. The maximum atomic E-state index is 12.6. The number of aliphatic hydroxyl groups excluding tert-OH is 1. The molecule has 0 unspecified atom stereocenters. The highest BCUT2D eigenvalue weighted by Crippen LogP contribution is 2.23. The zero-order valence-corrected chi connectivity index (χ0v) is 12.5. The summed E-state index contributed by atoms with van der Waals surface area (Å²) in [5, 5.41) is 15.6. The Balaban J connectivity index is 3.22. The Morgan fingerprint density at radius 1 is 1.47 bits per heavy atom. The molecule has 1 aromatic rings. The van der Waals surface area contributed by atoms with Gasteiger partial charge >= 0.3 is 0 Å². The van der Waals surface area contributed by atoms with Crippen LogP contribution in [-0.4, -0.2) is 54.3 Å². The van der Waals surface area contributed by atoms with Crippen LogP contribution in [0, 0.1) is 6.92 Å². The Morgan fingerprint density at radius 3 is 2.58 bits per heavy atom. The van der Waals surface area contributed by atoms with Crippen molar-refractivity contribution < 1.29 is 18.3 Å². The van der Waals surface area contributed by atoms with Crippen LogP contribution in [0.3, 0.4) is 0 Å². The zero-order chi connectivity index (χ0) is 14.6. The molecule has 0 bridgehead atoms. The minimum atomic E-state index is -3.70. The highest BCUT2D eigenvalue weighted by Gasteiger charge is 2.32. The number of aromatic nitrogens is 2. The smallest absolute Gasteiger partial charge is 0.247 e. The lowest BCUT2D eigenvalue weighted by Crippen LogP contribution is -2.39. The van der Waals surface area contributed by atoms with Gasteiger partial charge in [-0.15, -0.1) is 0 Å². The SMILES string of the molecule is COCCN(C(C)C)S(=O)(=O)c1c(CO)n[nH]c1C. The molecule has 8 heteroatoms. The van der Waals surface area contributed by atoms with E-state index in [-0.39, 0.29) is 23.2 Å². The van der Waals surface area contributed by atoms with Crippen molar-refractivity contribution in [1.82, 2.24) is 14.5 Å². The second kappa shape index (κ2) is 6.47. The molecular formula is C11H21N3O4S. The molecule has 0 saturated heterocycles. The number of H-pyrrole nitrogens is 1. The number of nitrogens with zero attached hydrogens (tertiary/aromatic N) is 2. The first-order valence-electron chi connectivity index (χ1n) is 6.01. The van der Waals surface area contributed by atoms with Crippen LogP contribution < -0.4 is 0 Å². The van der Waals surface area contributed by atoms with E-state index in [4.69, 9.17) is 4.74 Å². The summed E-state index contributed by atoms with van der Waals surface area (Å²) in [6.45, 7) is 5.35. The fourth-order valence-electron chi connectivity index (χ4n) is 1.87. The molecule has 7 nitrogen and oxygen atoms in total. The molecule has 0 saturated carbocycles. The summed E-state index contributed by atoms with van der Waals surface area (Å²) in [6, 6.07) is -0.207. The lowest BCUT2D eigenvalue weighted by Gasteiger charge is -2.25. The maximum Gasteiger partial charge on any atom is 0.247 e. The number of aliphatic hydroxyl groups is 1. The Labute approximate surface area is 113 Å². The van der Waals surface area contributed by atoms with Gasteiger partial charge in [-0.3, -0.25) is 5.10 Å². The van der Waals surface area contributed by atoms with Gasteiger partial charge in [-0.2, -0.15) is 9.40 Å². The summed E-state index contributed by atoms with van der Waals surface area (Å²) in [4.78, 5) is 0.0554. The van der Waals surface area contributed by atoms with Gasteiger partial charge in [0.1, 0.15) is 10.6 Å². The van der Waals surface area contributed by atoms with Gasteiger partial charge in [0, 0.05) is 19.7 Å². The Morgan fingerprint density at radius 2 is 2.11 bits per heavy atom. The highest BCUT2D eigenvalue weighted by atomic mass is 32.2. The van der Waals surface area contributed by atoms with E-state index in [1.807, 2.05) is 0 Å². The van der Waals surface area contributed by atoms with Crippen molar-refractivity contribution in [3.63, 3.8) is 0 Å². The molecule has 0 atom stereocenters. The third kappa shape index (κ3) is 3.33. The first-order valence-corrected chi connectivity index (χ1v) is 7.45. The largest absolute Gasteiger partial charge is 0.390 e. The fraction of sp³-hybridized carbons (Fsp3) is 0.727. The quantitative estimate of drug-likeness (QED) is 0.751. The van der Waals surface area contributed by atoms with Crippen molar-refractivity contribution in [2.75, 3.05) is 20.3 Å². The van der Waals surface area contributed by atoms with Gasteiger partial charge in [-0.05, 0) is 20.8 Å². The number of methoxy groups -OCH3 is 1. The topological polar surface area (TPSA) is 95.5 Å². The van der Waals surface area contributed by atoms with Crippen LogP contribution in [0.2, 0.25) is 0 Å². The molecule has 0 radical (unpaired) electrons. The molecular weight excluding hydrogens is 270 g/mol. The average molecular weight is 291 g/mol. The summed E-state index contributed by atoms with van der Waals surface area (Å²) in [7, 11) is -2.18. The normalized spacial score (nSPS) is 12.6. The minimum Gasteiger partial charge on any atom is -0.390 e. The van der Waals surface area contributed by atoms with E-state index in [2.05, 4.69) is 10.2 Å². The van der Waals surface area contributed by atoms with E-state index in [1.165, 1.54) is 11.4 Å². The van der Waals surface area contributed by atoms with Crippen molar-refractivity contribution in [2.24, 2.45) is 0 Å². The summed E-state index contributed by atoms with van der Waals surface area (Å²) in [5.41, 5.74) is 0.563. The van der Waals surface area contributed by atoms with E-state index < -0.39 is 16.6 Å². The van der Waals surface area contributed by atoms with Crippen molar-refractivity contribution in [2.45, 2.75) is 38.3 Å². The standard InChI is InChI=1S/C11H21N3O4S/c1-8(2)14(5-6-18-4)19(16,17)11-9(3)12-13-10(11)7-15/h8,15H,5-7H2,1-4H3,(H,12,13). The molecule has 0 spiro atoms. The predicted molar refractivity (Wildman–Crippen MR) is 70.2 cm³/mol. The molecule has 0 aliphatic heterocycles. The molecule has 110 valence electrons. The van der Waals surface area contributed by atoms with E-state index in [0.29, 0.717) is 12.3 Å². The van der Waals surface area contributed by atoms with Crippen molar-refractivity contribution in [3.8, 4) is 0 Å².